The zero-order chi connectivity index (χ0) is 15.7. The van der Waals surface area contributed by atoms with Crippen LogP contribution in [0, 0.1) is 16.7 Å². The predicted octanol–water partition coefficient (Wildman–Crippen LogP) is 4.26. The quantitative estimate of drug-likeness (QED) is 0.692. The molecule has 0 amide bonds. The van der Waals surface area contributed by atoms with E-state index in [1.54, 1.807) is 0 Å². The minimum Gasteiger partial charge on any atom is -0.306 e. The van der Waals surface area contributed by atoms with Gasteiger partial charge in [0.25, 0.3) is 0 Å². The Morgan fingerprint density at radius 3 is 2.14 bits per heavy atom. The van der Waals surface area contributed by atoms with E-state index in [-0.39, 0.29) is 0 Å². The third-order valence-electron chi connectivity index (χ3n) is 5.57. The van der Waals surface area contributed by atoms with Crippen LogP contribution < -0.4 is 0 Å². The molecule has 2 aliphatic heterocycles. The molecular formula is C19H38N2. The molecular weight excluding hydrogens is 256 g/mol. The lowest BCUT2D eigenvalue weighted by Crippen LogP contribution is -2.50. The predicted molar refractivity (Wildman–Crippen MR) is 92.7 cm³/mol. The smallest absolute Gasteiger partial charge is 0.0112 e. The Morgan fingerprint density at radius 1 is 1.00 bits per heavy atom. The molecule has 0 aromatic heterocycles. The van der Waals surface area contributed by atoms with Crippen molar-refractivity contribution in [3.63, 3.8) is 0 Å². The summed E-state index contributed by atoms with van der Waals surface area (Å²) in [6.45, 7) is 17.4. The first-order chi connectivity index (χ1) is 9.65. The van der Waals surface area contributed by atoms with E-state index in [2.05, 4.69) is 51.5 Å². The monoisotopic (exact) mass is 294 g/mol. The second-order valence-corrected chi connectivity index (χ2v) is 9.78. The van der Waals surface area contributed by atoms with Crippen LogP contribution in [-0.4, -0.2) is 49.1 Å². The first-order valence-electron chi connectivity index (χ1n) is 9.07. The van der Waals surface area contributed by atoms with Gasteiger partial charge in [-0.25, -0.2) is 0 Å². The summed E-state index contributed by atoms with van der Waals surface area (Å²) < 4.78 is 0. The standard InChI is InChI=1S/C19H38N2/c1-18(2,3)10-12-21-11-8-17(21)13-19(4,5)9-7-16-14-20(6)15-16/h16-17H,7-15H2,1-6H3. The molecule has 0 saturated carbocycles. The molecule has 2 nitrogen and oxygen atoms in total. The molecule has 21 heavy (non-hydrogen) atoms. The molecule has 2 aliphatic rings. The van der Waals surface area contributed by atoms with Gasteiger partial charge in [0.2, 0.25) is 0 Å². The van der Waals surface area contributed by atoms with Crippen molar-refractivity contribution < 1.29 is 0 Å². The second-order valence-electron chi connectivity index (χ2n) is 9.78. The Morgan fingerprint density at radius 2 is 1.67 bits per heavy atom. The van der Waals surface area contributed by atoms with Crippen LogP contribution in [0.4, 0.5) is 0 Å². The van der Waals surface area contributed by atoms with E-state index in [1.165, 1.54) is 58.3 Å². The molecule has 2 saturated heterocycles. The van der Waals surface area contributed by atoms with Crippen molar-refractivity contribution in [2.45, 2.75) is 72.8 Å². The van der Waals surface area contributed by atoms with Crippen molar-refractivity contribution in [1.29, 1.82) is 0 Å². The van der Waals surface area contributed by atoms with E-state index in [1.807, 2.05) is 0 Å². The summed E-state index contributed by atoms with van der Waals surface area (Å²) in [4.78, 5) is 5.18. The molecule has 124 valence electrons. The van der Waals surface area contributed by atoms with Crippen LogP contribution in [0.15, 0.2) is 0 Å². The minimum absolute atomic E-state index is 0.478. The lowest BCUT2D eigenvalue weighted by molar-refractivity contribution is 0.0365. The fourth-order valence-corrected chi connectivity index (χ4v) is 3.84. The zero-order valence-corrected chi connectivity index (χ0v) is 15.4. The summed E-state index contributed by atoms with van der Waals surface area (Å²) in [5, 5.41) is 0. The molecule has 2 rings (SSSR count). The van der Waals surface area contributed by atoms with Crippen LogP contribution in [0.25, 0.3) is 0 Å². The first-order valence-corrected chi connectivity index (χ1v) is 9.07. The summed E-state index contributed by atoms with van der Waals surface area (Å²) in [7, 11) is 2.24. The highest BCUT2D eigenvalue weighted by Gasteiger charge is 2.34. The van der Waals surface area contributed by atoms with Gasteiger partial charge in [0.1, 0.15) is 0 Å². The van der Waals surface area contributed by atoms with E-state index in [0.717, 1.165) is 12.0 Å². The fraction of sp³-hybridized carbons (Fsp3) is 1.00. The molecule has 0 N–H and O–H groups in total. The normalized spacial score (nSPS) is 25.7. The van der Waals surface area contributed by atoms with Crippen molar-refractivity contribution >= 4 is 0 Å². The summed E-state index contributed by atoms with van der Waals surface area (Å²) in [6.07, 6.45) is 7.01. The number of nitrogens with zero attached hydrogens (tertiary/aromatic N) is 2. The zero-order valence-electron chi connectivity index (χ0n) is 15.4. The third-order valence-corrected chi connectivity index (χ3v) is 5.57. The van der Waals surface area contributed by atoms with Crippen molar-refractivity contribution in [2.24, 2.45) is 16.7 Å². The van der Waals surface area contributed by atoms with E-state index in [0.29, 0.717) is 10.8 Å². The molecule has 0 bridgehead atoms. The van der Waals surface area contributed by atoms with E-state index < -0.39 is 0 Å². The minimum atomic E-state index is 0.478. The summed E-state index contributed by atoms with van der Waals surface area (Å²) in [6, 6.07) is 0.867. The lowest BCUT2D eigenvalue weighted by atomic mass is 9.76. The summed E-state index contributed by atoms with van der Waals surface area (Å²) in [5.74, 6) is 0.979. The molecule has 0 radical (unpaired) electrons. The highest BCUT2D eigenvalue weighted by Crippen LogP contribution is 2.37. The highest BCUT2D eigenvalue weighted by atomic mass is 15.2. The van der Waals surface area contributed by atoms with Gasteiger partial charge in [-0.1, -0.05) is 34.6 Å². The second kappa shape index (κ2) is 6.58. The molecule has 2 heteroatoms. The van der Waals surface area contributed by atoms with E-state index in [9.17, 15) is 0 Å². The molecule has 0 aromatic carbocycles. The average Bonchev–Trinajstić information content (AvgIpc) is 2.28. The molecule has 0 spiro atoms. The van der Waals surface area contributed by atoms with Crippen LogP contribution in [0.2, 0.25) is 0 Å². The molecule has 1 unspecified atom stereocenters. The average molecular weight is 295 g/mol. The Labute approximate surface area is 133 Å². The Kier molecular flexibility index (Phi) is 5.41. The highest BCUT2D eigenvalue weighted by molar-refractivity contribution is 4.89. The van der Waals surface area contributed by atoms with Crippen LogP contribution in [0.3, 0.4) is 0 Å². The Hall–Kier alpha value is -0.0800. The van der Waals surface area contributed by atoms with Gasteiger partial charge >= 0.3 is 0 Å². The van der Waals surface area contributed by atoms with Crippen LogP contribution in [-0.2, 0) is 0 Å². The maximum Gasteiger partial charge on any atom is 0.0112 e. The maximum absolute atomic E-state index is 2.74. The van der Waals surface area contributed by atoms with E-state index >= 15 is 0 Å². The fourth-order valence-electron chi connectivity index (χ4n) is 3.84. The number of rotatable bonds is 7. The molecule has 2 heterocycles. The van der Waals surface area contributed by atoms with Crippen molar-refractivity contribution in [3.05, 3.63) is 0 Å². The van der Waals surface area contributed by atoms with E-state index in [4.69, 9.17) is 0 Å². The molecule has 2 fully saturated rings. The topological polar surface area (TPSA) is 6.48 Å². The molecule has 0 aliphatic carbocycles. The number of likely N-dealkylation sites (tertiary alicyclic amines) is 2. The number of hydrogen-bond donors (Lipinski definition) is 0. The van der Waals surface area contributed by atoms with Crippen LogP contribution in [0.5, 0.6) is 0 Å². The molecule has 1 atom stereocenters. The lowest BCUT2D eigenvalue weighted by Gasteiger charge is -2.46. The maximum atomic E-state index is 2.74. The van der Waals surface area contributed by atoms with Gasteiger partial charge in [0.05, 0.1) is 0 Å². The van der Waals surface area contributed by atoms with Crippen LogP contribution >= 0.6 is 0 Å². The van der Waals surface area contributed by atoms with Gasteiger partial charge < -0.3 is 9.80 Å². The van der Waals surface area contributed by atoms with Gasteiger partial charge in [0, 0.05) is 19.1 Å². The van der Waals surface area contributed by atoms with Crippen LogP contribution in [0.1, 0.15) is 66.7 Å². The van der Waals surface area contributed by atoms with Gasteiger partial charge in [-0.3, -0.25) is 0 Å². The first kappa shape index (κ1) is 17.3. The van der Waals surface area contributed by atoms with Gasteiger partial charge in [-0.15, -0.1) is 0 Å². The van der Waals surface area contributed by atoms with Gasteiger partial charge in [0.15, 0.2) is 0 Å². The van der Waals surface area contributed by atoms with Crippen molar-refractivity contribution in [3.8, 4) is 0 Å². The third kappa shape index (κ3) is 5.56. The molecule has 0 aromatic rings. The van der Waals surface area contributed by atoms with Gasteiger partial charge in [-0.2, -0.15) is 0 Å². The van der Waals surface area contributed by atoms with Crippen molar-refractivity contribution in [2.75, 3.05) is 33.2 Å². The Bertz CT molecular complexity index is 323. The number of hydrogen-bond acceptors (Lipinski definition) is 2. The summed E-state index contributed by atoms with van der Waals surface area (Å²) in [5.41, 5.74) is 1.01. The van der Waals surface area contributed by atoms with Crippen molar-refractivity contribution in [1.82, 2.24) is 9.80 Å². The largest absolute Gasteiger partial charge is 0.306 e. The summed E-state index contributed by atoms with van der Waals surface area (Å²) >= 11 is 0. The van der Waals surface area contributed by atoms with Gasteiger partial charge in [-0.05, 0) is 69.0 Å². The Balaban J connectivity index is 1.67. The SMILES string of the molecule is CN1CC(CCC(C)(C)CC2CCN2CCC(C)(C)C)C1.